The summed E-state index contributed by atoms with van der Waals surface area (Å²) in [5.41, 5.74) is 0.416. The molecule has 156 valence electrons. The van der Waals surface area contributed by atoms with Gasteiger partial charge in [-0.15, -0.1) is 11.8 Å². The van der Waals surface area contributed by atoms with Crippen LogP contribution in [0.1, 0.15) is 32.1 Å². The summed E-state index contributed by atoms with van der Waals surface area (Å²) in [6, 6.07) is 6.46. The van der Waals surface area contributed by atoms with Crippen molar-refractivity contribution in [3.8, 4) is 0 Å². The van der Waals surface area contributed by atoms with E-state index in [-0.39, 0.29) is 28.2 Å². The van der Waals surface area contributed by atoms with Gasteiger partial charge >= 0.3 is 0 Å². The lowest BCUT2D eigenvalue weighted by Crippen LogP contribution is -2.39. The molecule has 2 rings (SSSR count). The number of carbonyl (C=O) groups excluding carboxylic acids is 2. The number of anilines is 1. The Kier molecular flexibility index (Phi) is 8.33. The zero-order chi connectivity index (χ0) is 20.7. The zero-order valence-corrected chi connectivity index (χ0v) is 18.3. The molecule has 0 radical (unpaired) electrons. The molecule has 2 amide bonds. The van der Waals surface area contributed by atoms with Crippen molar-refractivity contribution in [2.75, 3.05) is 38.0 Å². The van der Waals surface area contributed by atoms with E-state index in [1.807, 2.05) is 11.9 Å². The van der Waals surface area contributed by atoms with E-state index in [1.165, 1.54) is 57.3 Å². The molecule has 1 aliphatic rings. The Labute approximate surface area is 171 Å². The summed E-state index contributed by atoms with van der Waals surface area (Å²) in [6.07, 6.45) is 5.69. The lowest BCUT2D eigenvalue weighted by molar-refractivity contribution is -0.129. The number of benzene rings is 1. The average molecular weight is 428 g/mol. The Balaban J connectivity index is 1.82. The van der Waals surface area contributed by atoms with Crippen molar-refractivity contribution < 1.29 is 18.0 Å². The van der Waals surface area contributed by atoms with Crippen molar-refractivity contribution in [1.82, 2.24) is 9.21 Å². The first-order valence-electron chi connectivity index (χ1n) is 9.37. The van der Waals surface area contributed by atoms with Crippen LogP contribution in [-0.2, 0) is 19.6 Å². The first kappa shape index (κ1) is 22.7. The molecule has 0 bridgehead atoms. The van der Waals surface area contributed by atoms with Crippen molar-refractivity contribution >= 4 is 39.3 Å². The van der Waals surface area contributed by atoms with E-state index in [2.05, 4.69) is 5.32 Å². The number of carbonyl (C=O) groups is 2. The third-order valence-corrected chi connectivity index (χ3v) is 7.60. The number of thioether (sulfide) groups is 1. The summed E-state index contributed by atoms with van der Waals surface area (Å²) in [4.78, 5) is 26.4. The molecule has 0 atom stereocenters. The van der Waals surface area contributed by atoms with Crippen LogP contribution in [0.15, 0.2) is 29.2 Å². The highest BCUT2D eigenvalue weighted by Crippen LogP contribution is 2.22. The Bertz CT molecular complexity index is 790. The zero-order valence-electron chi connectivity index (χ0n) is 16.7. The first-order chi connectivity index (χ1) is 13.2. The van der Waals surface area contributed by atoms with Crippen molar-refractivity contribution in [3.63, 3.8) is 0 Å². The van der Waals surface area contributed by atoms with E-state index in [9.17, 15) is 18.0 Å². The number of hydrogen-bond acceptors (Lipinski definition) is 5. The molecule has 0 heterocycles. The van der Waals surface area contributed by atoms with Gasteiger partial charge in [-0.25, -0.2) is 12.7 Å². The van der Waals surface area contributed by atoms with Gasteiger partial charge in [-0.05, 0) is 31.0 Å². The van der Waals surface area contributed by atoms with E-state index in [0.717, 1.165) is 17.1 Å². The average Bonchev–Trinajstić information content (AvgIpc) is 2.68. The number of nitrogens with one attached hydrogen (secondary N) is 1. The fourth-order valence-corrected chi connectivity index (χ4v) is 4.83. The molecule has 9 heteroatoms. The standard InChI is InChI=1S/C19H29N3O4S2/c1-21(2)28(25,26)17-11-7-8-15(12-17)20-18(23)13-27-14-19(24)22(3)16-9-5-4-6-10-16/h7-8,11-12,16H,4-6,9-10,13-14H2,1-3H3,(H,20,23). The maximum atomic E-state index is 12.3. The van der Waals surface area contributed by atoms with Crippen molar-refractivity contribution in [3.05, 3.63) is 24.3 Å². The molecule has 0 aromatic heterocycles. The normalized spacial score (nSPS) is 15.4. The van der Waals surface area contributed by atoms with Gasteiger partial charge in [0, 0.05) is 32.9 Å². The second-order valence-electron chi connectivity index (χ2n) is 7.15. The maximum Gasteiger partial charge on any atom is 0.242 e. The lowest BCUT2D eigenvalue weighted by atomic mass is 9.94. The fraction of sp³-hybridized carbons (Fsp3) is 0.579. The minimum absolute atomic E-state index is 0.0452. The van der Waals surface area contributed by atoms with Gasteiger partial charge in [-0.3, -0.25) is 9.59 Å². The molecule has 1 fully saturated rings. The van der Waals surface area contributed by atoms with E-state index in [1.54, 1.807) is 12.1 Å². The monoisotopic (exact) mass is 427 g/mol. The molecule has 1 N–H and O–H groups in total. The topological polar surface area (TPSA) is 86.8 Å². The molecular formula is C19H29N3O4S2. The summed E-state index contributed by atoms with van der Waals surface area (Å²) in [6.45, 7) is 0. The van der Waals surface area contributed by atoms with Gasteiger partial charge in [0.1, 0.15) is 0 Å². The van der Waals surface area contributed by atoms with Crippen LogP contribution in [0.25, 0.3) is 0 Å². The number of nitrogens with zero attached hydrogens (tertiary/aromatic N) is 2. The van der Waals surface area contributed by atoms with Crippen LogP contribution in [0.2, 0.25) is 0 Å². The van der Waals surface area contributed by atoms with Gasteiger partial charge in [0.2, 0.25) is 21.8 Å². The van der Waals surface area contributed by atoms with Gasteiger partial charge in [0.05, 0.1) is 16.4 Å². The number of rotatable bonds is 8. The Morgan fingerprint density at radius 2 is 1.79 bits per heavy atom. The predicted octanol–water partition coefficient (Wildman–Crippen LogP) is 2.40. The van der Waals surface area contributed by atoms with Crippen LogP contribution in [-0.4, -0.2) is 68.1 Å². The molecular weight excluding hydrogens is 398 g/mol. The van der Waals surface area contributed by atoms with Gasteiger partial charge in [0.25, 0.3) is 0 Å². The largest absolute Gasteiger partial charge is 0.342 e. The summed E-state index contributed by atoms with van der Waals surface area (Å²) in [5, 5.41) is 2.69. The summed E-state index contributed by atoms with van der Waals surface area (Å²) >= 11 is 1.27. The van der Waals surface area contributed by atoms with E-state index >= 15 is 0 Å². The Morgan fingerprint density at radius 3 is 2.43 bits per heavy atom. The number of sulfonamides is 1. The summed E-state index contributed by atoms with van der Waals surface area (Å²) < 4.78 is 25.5. The van der Waals surface area contributed by atoms with E-state index in [4.69, 9.17) is 0 Å². The molecule has 0 saturated heterocycles. The van der Waals surface area contributed by atoms with E-state index in [0.29, 0.717) is 11.7 Å². The van der Waals surface area contributed by atoms with Crippen LogP contribution in [0.4, 0.5) is 5.69 Å². The van der Waals surface area contributed by atoms with Gasteiger partial charge in [-0.1, -0.05) is 25.3 Å². The molecule has 1 aromatic rings. The minimum atomic E-state index is -3.56. The fourth-order valence-electron chi connectivity index (χ4n) is 3.15. The molecule has 1 aromatic carbocycles. The van der Waals surface area contributed by atoms with Crippen molar-refractivity contribution in [2.24, 2.45) is 0 Å². The second-order valence-corrected chi connectivity index (χ2v) is 10.3. The molecule has 28 heavy (non-hydrogen) atoms. The number of amides is 2. The van der Waals surface area contributed by atoms with Gasteiger partial charge < -0.3 is 10.2 Å². The van der Waals surface area contributed by atoms with E-state index < -0.39 is 10.0 Å². The van der Waals surface area contributed by atoms with Crippen LogP contribution in [0.3, 0.4) is 0 Å². The third kappa shape index (κ3) is 6.22. The van der Waals surface area contributed by atoms with Gasteiger partial charge in [0.15, 0.2) is 0 Å². The highest BCUT2D eigenvalue weighted by molar-refractivity contribution is 8.00. The van der Waals surface area contributed by atoms with Crippen LogP contribution in [0, 0.1) is 0 Å². The highest BCUT2D eigenvalue weighted by atomic mass is 32.2. The highest BCUT2D eigenvalue weighted by Gasteiger charge is 2.22. The smallest absolute Gasteiger partial charge is 0.242 e. The lowest BCUT2D eigenvalue weighted by Gasteiger charge is -2.31. The number of hydrogen-bond donors (Lipinski definition) is 1. The Hall–Kier alpha value is -1.58. The molecule has 0 aliphatic heterocycles. The quantitative estimate of drug-likeness (QED) is 0.688. The Morgan fingerprint density at radius 1 is 1.11 bits per heavy atom. The van der Waals surface area contributed by atoms with Crippen molar-refractivity contribution in [2.45, 2.75) is 43.0 Å². The molecule has 0 spiro atoms. The molecule has 0 unspecified atom stereocenters. The minimum Gasteiger partial charge on any atom is -0.342 e. The molecule has 7 nitrogen and oxygen atoms in total. The summed E-state index contributed by atoms with van der Waals surface area (Å²) in [7, 11) is 1.20. The van der Waals surface area contributed by atoms with Crippen molar-refractivity contribution in [1.29, 1.82) is 0 Å². The molecule has 1 saturated carbocycles. The van der Waals surface area contributed by atoms with Crippen LogP contribution >= 0.6 is 11.8 Å². The second kappa shape index (κ2) is 10.3. The first-order valence-corrected chi connectivity index (χ1v) is 12.0. The van der Waals surface area contributed by atoms with Crippen LogP contribution < -0.4 is 5.32 Å². The van der Waals surface area contributed by atoms with Gasteiger partial charge in [-0.2, -0.15) is 0 Å². The maximum absolute atomic E-state index is 12.3. The summed E-state index contributed by atoms with van der Waals surface area (Å²) in [5.74, 6) is 0.172. The predicted molar refractivity (Wildman–Crippen MR) is 113 cm³/mol. The SMILES string of the molecule is CN(C(=O)CSCC(=O)Nc1cccc(S(=O)(=O)N(C)C)c1)C1CCCCC1. The third-order valence-electron chi connectivity index (χ3n) is 4.87. The molecule has 1 aliphatic carbocycles. The van der Waals surface area contributed by atoms with Crippen LogP contribution in [0.5, 0.6) is 0 Å².